The summed E-state index contributed by atoms with van der Waals surface area (Å²) in [5.74, 6) is 1.82. The first kappa shape index (κ1) is 19.5. The molecule has 0 bridgehead atoms. The van der Waals surface area contributed by atoms with Crippen molar-refractivity contribution < 1.29 is 14.3 Å². The third-order valence-corrected chi connectivity index (χ3v) is 6.40. The van der Waals surface area contributed by atoms with Gasteiger partial charge in [-0.2, -0.15) is 0 Å². The number of carbonyl (C=O) groups excluding carboxylic acids is 1. The molecular formula is C22H25N3O3S. The molecule has 0 saturated carbocycles. The van der Waals surface area contributed by atoms with Crippen molar-refractivity contribution >= 4 is 32.6 Å². The second-order valence-corrected chi connectivity index (χ2v) is 8.17. The van der Waals surface area contributed by atoms with Crippen molar-refractivity contribution in [3.8, 4) is 11.5 Å². The number of piperidine rings is 1. The lowest BCUT2D eigenvalue weighted by Gasteiger charge is -2.31. The predicted octanol–water partition coefficient (Wildman–Crippen LogP) is 3.85. The van der Waals surface area contributed by atoms with Crippen molar-refractivity contribution in [2.45, 2.75) is 19.4 Å². The van der Waals surface area contributed by atoms with Crippen LogP contribution in [-0.4, -0.2) is 38.2 Å². The summed E-state index contributed by atoms with van der Waals surface area (Å²) in [7, 11) is 3.32. The van der Waals surface area contributed by atoms with Crippen molar-refractivity contribution in [2.24, 2.45) is 5.92 Å². The number of thiazole rings is 1. The minimum Gasteiger partial charge on any atom is -0.497 e. The van der Waals surface area contributed by atoms with Gasteiger partial charge in [-0.3, -0.25) is 4.79 Å². The molecule has 29 heavy (non-hydrogen) atoms. The molecule has 0 unspecified atom stereocenters. The topological polar surface area (TPSA) is 63.7 Å². The van der Waals surface area contributed by atoms with E-state index in [-0.39, 0.29) is 11.8 Å². The standard InChI is InChI=1S/C22H25N3O3S/c1-27-17-5-3-4-15(12-17)14-23-21(26)16-8-10-25(11-9-16)22-24-19-7-6-18(28-2)13-20(19)29-22/h3-7,12-13,16H,8-11,14H2,1-2H3,(H,23,26). The maximum absolute atomic E-state index is 12.6. The number of aromatic nitrogens is 1. The fourth-order valence-electron chi connectivity index (χ4n) is 3.60. The van der Waals surface area contributed by atoms with Gasteiger partial charge in [-0.15, -0.1) is 0 Å². The van der Waals surface area contributed by atoms with E-state index >= 15 is 0 Å². The van der Waals surface area contributed by atoms with Crippen LogP contribution in [0.5, 0.6) is 11.5 Å². The van der Waals surface area contributed by atoms with Gasteiger partial charge >= 0.3 is 0 Å². The van der Waals surface area contributed by atoms with Crippen LogP contribution in [0.2, 0.25) is 0 Å². The molecule has 0 atom stereocenters. The number of nitrogens with one attached hydrogen (secondary N) is 1. The van der Waals surface area contributed by atoms with Gasteiger partial charge in [0, 0.05) is 25.6 Å². The second kappa shape index (κ2) is 8.69. The quantitative estimate of drug-likeness (QED) is 0.668. The number of benzene rings is 2. The Morgan fingerprint density at radius 2 is 1.90 bits per heavy atom. The van der Waals surface area contributed by atoms with Crippen LogP contribution in [0.15, 0.2) is 42.5 Å². The number of methoxy groups -OCH3 is 2. The molecule has 4 rings (SSSR count). The number of hydrogen-bond donors (Lipinski definition) is 1. The number of amides is 1. The summed E-state index contributed by atoms with van der Waals surface area (Å²) in [4.78, 5) is 19.6. The van der Waals surface area contributed by atoms with Crippen LogP contribution in [0.1, 0.15) is 18.4 Å². The van der Waals surface area contributed by atoms with E-state index in [1.54, 1.807) is 25.6 Å². The Labute approximate surface area is 174 Å². The molecule has 1 aliphatic heterocycles. The normalized spacial score (nSPS) is 14.8. The summed E-state index contributed by atoms with van der Waals surface area (Å²) in [5, 5.41) is 4.09. The van der Waals surface area contributed by atoms with Gasteiger partial charge in [-0.1, -0.05) is 23.5 Å². The monoisotopic (exact) mass is 411 g/mol. The molecule has 2 aromatic carbocycles. The van der Waals surface area contributed by atoms with E-state index in [0.29, 0.717) is 6.54 Å². The summed E-state index contributed by atoms with van der Waals surface area (Å²) < 4.78 is 11.7. The van der Waals surface area contributed by atoms with Gasteiger partial charge in [0.1, 0.15) is 11.5 Å². The van der Waals surface area contributed by atoms with Crippen LogP contribution >= 0.6 is 11.3 Å². The molecular weight excluding hydrogens is 386 g/mol. The second-order valence-electron chi connectivity index (χ2n) is 7.16. The van der Waals surface area contributed by atoms with E-state index in [4.69, 9.17) is 14.5 Å². The summed E-state index contributed by atoms with van der Waals surface area (Å²) >= 11 is 1.68. The van der Waals surface area contributed by atoms with Gasteiger partial charge in [0.15, 0.2) is 5.13 Å². The van der Waals surface area contributed by atoms with E-state index in [9.17, 15) is 4.79 Å². The molecule has 152 valence electrons. The lowest BCUT2D eigenvalue weighted by molar-refractivity contribution is -0.125. The van der Waals surface area contributed by atoms with Crippen molar-refractivity contribution in [3.05, 3.63) is 48.0 Å². The fourth-order valence-corrected chi connectivity index (χ4v) is 4.65. The Bertz CT molecular complexity index is 996. The van der Waals surface area contributed by atoms with Crippen molar-refractivity contribution in [1.82, 2.24) is 10.3 Å². The number of hydrogen-bond acceptors (Lipinski definition) is 6. The Kier molecular flexibility index (Phi) is 5.85. The van der Waals surface area contributed by atoms with E-state index in [2.05, 4.69) is 10.2 Å². The lowest BCUT2D eigenvalue weighted by Crippen LogP contribution is -2.40. The Balaban J connectivity index is 1.32. The van der Waals surface area contributed by atoms with Gasteiger partial charge in [-0.25, -0.2) is 4.98 Å². The fraction of sp³-hybridized carbons (Fsp3) is 0.364. The molecule has 0 spiro atoms. The van der Waals surface area contributed by atoms with Crippen LogP contribution in [0.3, 0.4) is 0 Å². The third-order valence-electron chi connectivity index (χ3n) is 5.32. The first-order valence-corrected chi connectivity index (χ1v) is 10.6. The highest BCUT2D eigenvalue weighted by Crippen LogP contribution is 2.33. The van der Waals surface area contributed by atoms with Gasteiger partial charge in [0.2, 0.25) is 5.91 Å². The van der Waals surface area contributed by atoms with Crippen molar-refractivity contribution in [3.63, 3.8) is 0 Å². The van der Waals surface area contributed by atoms with Crippen LogP contribution in [0.4, 0.5) is 5.13 Å². The lowest BCUT2D eigenvalue weighted by atomic mass is 9.96. The number of anilines is 1. The van der Waals surface area contributed by atoms with E-state index in [1.165, 1.54) is 0 Å². The molecule has 3 aromatic rings. The Morgan fingerprint density at radius 1 is 1.14 bits per heavy atom. The molecule has 1 aromatic heterocycles. The molecule has 1 amide bonds. The number of rotatable bonds is 6. The molecule has 1 saturated heterocycles. The highest BCUT2D eigenvalue weighted by atomic mass is 32.1. The van der Waals surface area contributed by atoms with E-state index in [0.717, 1.165) is 58.3 Å². The molecule has 1 N–H and O–H groups in total. The van der Waals surface area contributed by atoms with Crippen LogP contribution in [-0.2, 0) is 11.3 Å². The van der Waals surface area contributed by atoms with Gasteiger partial charge in [-0.05, 0) is 48.7 Å². The van der Waals surface area contributed by atoms with Crippen LogP contribution in [0.25, 0.3) is 10.2 Å². The summed E-state index contributed by atoms with van der Waals surface area (Å²) in [6.45, 7) is 2.21. The molecule has 2 heterocycles. The summed E-state index contributed by atoms with van der Waals surface area (Å²) in [5.41, 5.74) is 2.03. The van der Waals surface area contributed by atoms with Gasteiger partial charge in [0.25, 0.3) is 0 Å². The number of ether oxygens (including phenoxy) is 2. The minimum atomic E-state index is 0.0475. The molecule has 1 aliphatic rings. The zero-order valence-electron chi connectivity index (χ0n) is 16.7. The van der Waals surface area contributed by atoms with Gasteiger partial charge in [0.05, 0.1) is 24.4 Å². The molecule has 0 radical (unpaired) electrons. The van der Waals surface area contributed by atoms with Crippen LogP contribution < -0.4 is 19.7 Å². The highest BCUT2D eigenvalue weighted by Gasteiger charge is 2.26. The van der Waals surface area contributed by atoms with E-state index < -0.39 is 0 Å². The molecule has 0 aliphatic carbocycles. The SMILES string of the molecule is COc1cccc(CNC(=O)C2CCN(c3nc4ccc(OC)cc4s3)CC2)c1. The smallest absolute Gasteiger partial charge is 0.223 e. The minimum absolute atomic E-state index is 0.0475. The number of fused-ring (bicyclic) bond motifs is 1. The maximum atomic E-state index is 12.6. The average Bonchev–Trinajstić information content (AvgIpc) is 3.21. The Hall–Kier alpha value is -2.80. The van der Waals surface area contributed by atoms with Crippen molar-refractivity contribution in [2.75, 3.05) is 32.2 Å². The largest absolute Gasteiger partial charge is 0.497 e. The Morgan fingerprint density at radius 3 is 2.66 bits per heavy atom. The molecule has 6 nitrogen and oxygen atoms in total. The van der Waals surface area contributed by atoms with E-state index in [1.807, 2.05) is 42.5 Å². The first-order chi connectivity index (χ1) is 14.2. The zero-order chi connectivity index (χ0) is 20.2. The molecule has 1 fully saturated rings. The van der Waals surface area contributed by atoms with Crippen LogP contribution in [0, 0.1) is 5.92 Å². The molecule has 7 heteroatoms. The van der Waals surface area contributed by atoms with Gasteiger partial charge < -0.3 is 19.7 Å². The highest BCUT2D eigenvalue weighted by molar-refractivity contribution is 7.22. The maximum Gasteiger partial charge on any atom is 0.223 e. The third kappa shape index (κ3) is 4.45. The summed E-state index contributed by atoms with van der Waals surface area (Å²) in [6.07, 6.45) is 1.67. The predicted molar refractivity (Wildman–Crippen MR) is 116 cm³/mol. The number of nitrogens with zero attached hydrogens (tertiary/aromatic N) is 2. The first-order valence-electron chi connectivity index (χ1n) is 9.76. The summed E-state index contributed by atoms with van der Waals surface area (Å²) in [6, 6.07) is 13.7. The van der Waals surface area contributed by atoms with Crippen molar-refractivity contribution in [1.29, 1.82) is 0 Å². The zero-order valence-corrected chi connectivity index (χ0v) is 17.5. The average molecular weight is 412 g/mol. The number of carbonyl (C=O) groups is 1.